The summed E-state index contributed by atoms with van der Waals surface area (Å²) in [5.41, 5.74) is 17.1. The molecule has 0 bridgehead atoms. The van der Waals surface area contributed by atoms with Crippen molar-refractivity contribution in [2.75, 3.05) is 0 Å². The summed E-state index contributed by atoms with van der Waals surface area (Å²) in [6.07, 6.45) is 0. The van der Waals surface area contributed by atoms with E-state index in [4.69, 9.17) is 16.8 Å². The first kappa shape index (κ1) is 48.5. The van der Waals surface area contributed by atoms with Gasteiger partial charge in [-0.3, -0.25) is 9.97 Å². The molecule has 3 aromatic heterocycles. The molecule has 82 heavy (non-hydrogen) atoms. The summed E-state index contributed by atoms with van der Waals surface area (Å²) in [5, 5.41) is 6.49. The van der Waals surface area contributed by atoms with E-state index in [-0.39, 0.29) is 67.7 Å². The summed E-state index contributed by atoms with van der Waals surface area (Å²) in [6.45, 7) is 18.2. The third kappa shape index (κ3) is 9.77. The minimum Gasteiger partial charge on any atom is -0.333 e. The molecule has 11 aromatic carbocycles. The van der Waals surface area contributed by atoms with Crippen molar-refractivity contribution < 1.29 is 31.5 Å². The van der Waals surface area contributed by atoms with Crippen LogP contribution in [0.3, 0.4) is 0 Å². The van der Waals surface area contributed by atoms with Gasteiger partial charge in [0.05, 0.1) is 40.6 Å². The molecule has 0 aliphatic heterocycles. The summed E-state index contributed by atoms with van der Waals surface area (Å²) >= 11 is 1.76. The van der Waals surface area contributed by atoms with Gasteiger partial charge in [-0.05, 0) is 154 Å². The molecule has 0 unspecified atom stereocenters. The van der Waals surface area contributed by atoms with E-state index >= 15 is 0 Å². The molecule has 0 saturated carbocycles. The predicted molar refractivity (Wildman–Crippen MR) is 344 cm³/mol. The molecule has 14 rings (SSSR count). The van der Waals surface area contributed by atoms with Gasteiger partial charge in [-0.2, -0.15) is 11.3 Å². The van der Waals surface area contributed by atoms with Gasteiger partial charge in [-0.1, -0.05) is 194 Å². The molecule has 14 aromatic rings. The number of fused-ring (bicyclic) bond motifs is 8. The number of para-hydroxylation sites is 5. The van der Waals surface area contributed by atoms with Gasteiger partial charge in [0.2, 0.25) is 0 Å². The van der Waals surface area contributed by atoms with Gasteiger partial charge in [-0.15, -0.1) is 54.1 Å². The number of thiophene rings is 1. The van der Waals surface area contributed by atoms with Gasteiger partial charge < -0.3 is 9.13 Å². The maximum absolute atomic E-state index is 8.55. The summed E-state index contributed by atoms with van der Waals surface area (Å²) in [6, 6.07) is 71.3. The number of hydrogen-bond donors (Lipinski definition) is 0. The van der Waals surface area contributed by atoms with Crippen molar-refractivity contribution in [2.45, 2.75) is 79.1 Å². The van der Waals surface area contributed by atoms with Crippen molar-refractivity contribution in [3.63, 3.8) is 0 Å². The summed E-state index contributed by atoms with van der Waals surface area (Å²) < 4.78 is 48.6. The molecule has 0 saturated heterocycles. The minimum absolute atomic E-state index is 0. The molecule has 0 N–H and O–H groups in total. The van der Waals surface area contributed by atoms with E-state index in [1.54, 1.807) is 11.3 Å². The summed E-state index contributed by atoms with van der Waals surface area (Å²) in [7, 11) is 0. The quantitative estimate of drug-likeness (QED) is 0.0777. The largest absolute Gasteiger partial charge is 3.00 e. The number of hydrogen-bond acceptors (Lipinski definition) is 2. The van der Waals surface area contributed by atoms with Gasteiger partial charge in [0.1, 0.15) is 0 Å². The van der Waals surface area contributed by atoms with Crippen molar-refractivity contribution in [3.8, 4) is 56.4 Å². The van der Waals surface area contributed by atoms with Crippen molar-refractivity contribution >= 4 is 75.1 Å². The first-order valence-electron chi connectivity index (χ1n) is 30.7. The Morgan fingerprint density at radius 2 is 1.20 bits per heavy atom. The van der Waals surface area contributed by atoms with Gasteiger partial charge >= 0.3 is 20.1 Å². The molecular weight excluding hydrogens is 1190 g/mol. The zero-order valence-corrected chi connectivity index (χ0v) is 50.4. The van der Waals surface area contributed by atoms with Gasteiger partial charge in [0.15, 0.2) is 0 Å². The SMILES string of the molecule is CC(C)c1cccc(C(C)C)c1-n1c(-c2[c-]cccc2)nc2ccccc21.[2H]c1c([2H])c([2H])c(-c2ccc3c(ccc4cc5c(cc43)sc3c(-c4[n-]c6ccccc6[n+]4-c4c(C(C)C)cc(-c6ccccc6)cc4C(C)C)[c-]ccc35)c2)c([2H])c1[2H].[Ir+3]. The Bertz CT molecular complexity index is 4880. The normalized spacial score (nSPS) is 12.6. The van der Waals surface area contributed by atoms with Crippen LogP contribution >= 0.6 is 11.3 Å². The van der Waals surface area contributed by atoms with Crippen LogP contribution in [0, 0.1) is 12.1 Å². The molecule has 0 aliphatic rings. The topological polar surface area (TPSA) is 35.8 Å². The Kier molecular flexibility index (Phi) is 13.4. The van der Waals surface area contributed by atoms with Gasteiger partial charge in [0.25, 0.3) is 0 Å². The predicted octanol–water partition coefficient (Wildman–Crippen LogP) is 20.5. The second kappa shape index (κ2) is 22.6. The van der Waals surface area contributed by atoms with Crippen LogP contribution < -0.4 is 9.55 Å². The molecule has 0 atom stereocenters. The number of nitrogens with zero attached hydrogens (tertiary/aromatic N) is 4. The Labute approximate surface area is 506 Å². The molecule has 4 nitrogen and oxygen atoms in total. The molecule has 0 spiro atoms. The first-order chi connectivity index (χ1) is 41.6. The zero-order valence-electron chi connectivity index (χ0n) is 52.2. The fourth-order valence-electron chi connectivity index (χ4n) is 11.8. The molecule has 6 heteroatoms. The third-order valence-corrected chi connectivity index (χ3v) is 17.0. The second-order valence-corrected chi connectivity index (χ2v) is 23.4. The number of imidazole rings is 2. The van der Waals surface area contributed by atoms with Crippen LogP contribution in [0.2, 0.25) is 0 Å². The third-order valence-electron chi connectivity index (χ3n) is 15.8. The van der Waals surface area contributed by atoms with E-state index in [9.17, 15) is 0 Å². The summed E-state index contributed by atoms with van der Waals surface area (Å²) in [5.74, 6) is 3.17. The maximum atomic E-state index is 8.55. The fourth-order valence-corrected chi connectivity index (χ4v) is 13.0. The fraction of sp³-hybridized carbons (Fsp3) is 0.158. The van der Waals surface area contributed by atoms with Crippen LogP contribution in [-0.2, 0) is 20.1 Å². The minimum atomic E-state index is -0.390. The Hall–Kier alpha value is -8.25. The Morgan fingerprint density at radius 1 is 0.524 bits per heavy atom. The molecule has 0 aliphatic carbocycles. The molecular formula is C76H64IrN4S+. The smallest absolute Gasteiger partial charge is 0.333 e. The maximum Gasteiger partial charge on any atom is 3.00 e. The molecule has 402 valence electrons. The summed E-state index contributed by atoms with van der Waals surface area (Å²) in [4.78, 5) is 10.4. The zero-order chi connectivity index (χ0) is 59.8. The van der Waals surface area contributed by atoms with E-state index in [0.29, 0.717) is 17.4 Å². The van der Waals surface area contributed by atoms with Crippen molar-refractivity contribution in [1.82, 2.24) is 14.5 Å². The second-order valence-electron chi connectivity index (χ2n) is 22.3. The van der Waals surface area contributed by atoms with Gasteiger partial charge in [0, 0.05) is 16.1 Å². The Balaban J connectivity index is 0.000000221. The van der Waals surface area contributed by atoms with E-state index in [1.807, 2.05) is 42.5 Å². The van der Waals surface area contributed by atoms with E-state index in [1.165, 1.54) is 50.1 Å². The van der Waals surface area contributed by atoms with Crippen molar-refractivity contribution in [2.24, 2.45) is 0 Å². The average Bonchev–Trinajstić information content (AvgIpc) is 1.69. The van der Waals surface area contributed by atoms with Crippen LogP contribution in [0.4, 0.5) is 0 Å². The van der Waals surface area contributed by atoms with E-state index < -0.39 is 0 Å². The molecule has 0 fully saturated rings. The van der Waals surface area contributed by atoms with Crippen LogP contribution in [0.5, 0.6) is 0 Å². The van der Waals surface area contributed by atoms with Crippen LogP contribution in [0.1, 0.15) is 108 Å². The van der Waals surface area contributed by atoms with Crippen molar-refractivity contribution in [3.05, 3.63) is 253 Å². The average molecular weight is 1260 g/mol. The number of benzene rings is 11. The number of aromatic nitrogens is 4. The van der Waals surface area contributed by atoms with Crippen molar-refractivity contribution in [1.29, 1.82) is 0 Å². The molecule has 3 heterocycles. The number of rotatable bonds is 10. The Morgan fingerprint density at radius 3 is 1.90 bits per heavy atom. The van der Waals surface area contributed by atoms with Gasteiger partial charge in [-0.25, -0.2) is 0 Å². The monoisotopic (exact) mass is 1260 g/mol. The molecule has 0 amide bonds. The van der Waals surface area contributed by atoms with E-state index in [0.717, 1.165) is 81.2 Å². The first-order valence-corrected chi connectivity index (χ1v) is 29.0. The van der Waals surface area contributed by atoms with E-state index in [2.05, 4.69) is 222 Å². The molecule has 0 radical (unpaired) electrons. The van der Waals surface area contributed by atoms with Crippen LogP contribution in [-0.4, -0.2) is 9.55 Å². The van der Waals surface area contributed by atoms with Crippen LogP contribution in [0.15, 0.2) is 218 Å². The standard InChI is InChI=1S/C51H39N2S.C25H25N2.Ir/c1-31(2)42-28-38(34-16-9-6-10-17-34)29-43(32(3)4)49(42)53-47-21-12-11-20-46(47)52-51(53)41-19-13-18-40-45-27-37-23-22-36-26-35(33-14-7-5-8-15-33)24-25-39(36)44(37)30-48(45)54-50(40)41;1-17(2)20-13-10-14-21(18(3)4)24(20)27-23-16-9-8-15-22(23)26-25(27)19-11-6-5-7-12-19;/h5-18,20-32H,1-4H3;5-11,13-18H,1-4H3;/q2*-1;+3/i5D,7D,8D,14D,15D;;. The van der Waals surface area contributed by atoms with Crippen LogP contribution in [0.25, 0.3) is 120 Å².